The lowest BCUT2D eigenvalue weighted by atomic mass is 9.60. The summed E-state index contributed by atoms with van der Waals surface area (Å²) >= 11 is 0. The van der Waals surface area contributed by atoms with Crippen molar-refractivity contribution in [3.63, 3.8) is 0 Å². The number of rotatable bonds is 2. The van der Waals surface area contributed by atoms with Crippen LogP contribution in [0.1, 0.15) is 26.7 Å². The van der Waals surface area contributed by atoms with Crippen molar-refractivity contribution in [3.8, 4) is 0 Å². The lowest BCUT2D eigenvalue weighted by molar-refractivity contribution is 0.0177. The van der Waals surface area contributed by atoms with E-state index in [9.17, 15) is 5.11 Å². The molecule has 0 aromatic carbocycles. The van der Waals surface area contributed by atoms with E-state index in [0.29, 0.717) is 18.6 Å². The average molecular weight is 169 g/mol. The summed E-state index contributed by atoms with van der Waals surface area (Å²) in [6, 6.07) is 0. The third-order valence-corrected chi connectivity index (χ3v) is 4.69. The molecule has 70 valence electrons. The molecule has 0 bridgehead atoms. The summed E-state index contributed by atoms with van der Waals surface area (Å²) in [5, 5.41) is 9.28. The fourth-order valence-electron chi connectivity index (χ4n) is 3.37. The Labute approximate surface area is 74.1 Å². The van der Waals surface area contributed by atoms with E-state index in [1.54, 1.807) is 0 Å². The number of aliphatic hydroxyl groups excluding tert-OH is 1. The molecule has 12 heavy (non-hydrogen) atoms. The molecule has 0 amide bonds. The molecular formula is C10H19NO. The lowest BCUT2D eigenvalue weighted by Crippen LogP contribution is -2.42. The summed E-state index contributed by atoms with van der Waals surface area (Å²) in [6.07, 6.45) is 2.45. The molecule has 2 nitrogen and oxygen atoms in total. The van der Waals surface area contributed by atoms with Crippen molar-refractivity contribution in [1.29, 1.82) is 0 Å². The lowest BCUT2D eigenvalue weighted by Gasteiger charge is -2.45. The minimum atomic E-state index is 0.110. The topological polar surface area (TPSA) is 46.2 Å². The maximum atomic E-state index is 9.28. The zero-order valence-electron chi connectivity index (χ0n) is 8.01. The van der Waals surface area contributed by atoms with Gasteiger partial charge in [0.2, 0.25) is 0 Å². The molecule has 2 saturated carbocycles. The first-order valence-corrected chi connectivity index (χ1v) is 4.93. The van der Waals surface area contributed by atoms with Gasteiger partial charge in [-0.3, -0.25) is 0 Å². The van der Waals surface area contributed by atoms with E-state index in [4.69, 9.17) is 5.73 Å². The van der Waals surface area contributed by atoms with Gasteiger partial charge in [0, 0.05) is 12.0 Å². The highest BCUT2D eigenvalue weighted by Crippen LogP contribution is 2.77. The minimum Gasteiger partial charge on any atom is -0.396 e. The van der Waals surface area contributed by atoms with E-state index in [-0.39, 0.29) is 5.41 Å². The number of hydrogen-bond donors (Lipinski definition) is 2. The Morgan fingerprint density at radius 2 is 2.17 bits per heavy atom. The van der Waals surface area contributed by atoms with Crippen LogP contribution in [0.2, 0.25) is 0 Å². The fourth-order valence-corrected chi connectivity index (χ4v) is 3.37. The summed E-state index contributed by atoms with van der Waals surface area (Å²) in [7, 11) is 0. The maximum absolute atomic E-state index is 9.28. The molecule has 3 N–H and O–H groups in total. The van der Waals surface area contributed by atoms with Crippen LogP contribution in [-0.2, 0) is 0 Å². The van der Waals surface area contributed by atoms with Crippen LogP contribution in [0.25, 0.3) is 0 Å². The van der Waals surface area contributed by atoms with Gasteiger partial charge >= 0.3 is 0 Å². The Morgan fingerprint density at radius 3 is 2.42 bits per heavy atom. The second-order valence-corrected chi connectivity index (χ2v) is 4.95. The third kappa shape index (κ3) is 0.686. The van der Waals surface area contributed by atoms with Crippen molar-refractivity contribution in [2.45, 2.75) is 26.7 Å². The van der Waals surface area contributed by atoms with Crippen molar-refractivity contribution < 1.29 is 5.11 Å². The molecule has 0 aromatic rings. The molecule has 0 saturated heterocycles. The monoisotopic (exact) mass is 169 g/mol. The molecule has 4 atom stereocenters. The van der Waals surface area contributed by atoms with Crippen molar-refractivity contribution in [2.24, 2.45) is 28.4 Å². The molecule has 4 unspecified atom stereocenters. The Hall–Kier alpha value is -0.0800. The van der Waals surface area contributed by atoms with Crippen LogP contribution in [0.5, 0.6) is 0 Å². The Morgan fingerprint density at radius 1 is 1.50 bits per heavy atom. The van der Waals surface area contributed by atoms with E-state index >= 15 is 0 Å². The first-order valence-electron chi connectivity index (χ1n) is 4.93. The first kappa shape index (κ1) is 8.52. The molecule has 2 rings (SSSR count). The Bertz CT molecular complexity index is 200. The quantitative estimate of drug-likeness (QED) is 0.647. The van der Waals surface area contributed by atoms with Crippen LogP contribution in [0.3, 0.4) is 0 Å². The third-order valence-electron chi connectivity index (χ3n) is 4.69. The standard InChI is InChI=1S/C10H19NO/c1-7-3-10(8(7)2)4-9(10,5-11)6-12/h7-8,12H,3-6,11H2,1-2H3. The SMILES string of the molecule is CC1CC2(CC2(CN)CO)C1C. The molecular weight excluding hydrogens is 150 g/mol. The molecule has 0 aromatic heterocycles. The molecule has 0 heterocycles. The smallest absolute Gasteiger partial charge is 0.0505 e. The van der Waals surface area contributed by atoms with Crippen LogP contribution >= 0.6 is 0 Å². The molecule has 2 heteroatoms. The highest BCUT2D eigenvalue weighted by Gasteiger charge is 2.73. The predicted octanol–water partition coefficient (Wildman–Crippen LogP) is 0.990. The van der Waals surface area contributed by atoms with Gasteiger partial charge in [0.05, 0.1) is 6.61 Å². The summed E-state index contributed by atoms with van der Waals surface area (Å²) in [5.41, 5.74) is 6.26. The zero-order valence-corrected chi connectivity index (χ0v) is 8.01. The maximum Gasteiger partial charge on any atom is 0.0505 e. The number of nitrogens with two attached hydrogens (primary N) is 1. The van der Waals surface area contributed by atoms with E-state index < -0.39 is 0 Å². The van der Waals surface area contributed by atoms with E-state index in [1.165, 1.54) is 12.8 Å². The Balaban J connectivity index is 2.10. The van der Waals surface area contributed by atoms with Crippen molar-refractivity contribution in [3.05, 3.63) is 0 Å². The number of hydrogen-bond acceptors (Lipinski definition) is 2. The van der Waals surface area contributed by atoms with Crippen molar-refractivity contribution in [1.82, 2.24) is 0 Å². The largest absolute Gasteiger partial charge is 0.396 e. The van der Waals surface area contributed by atoms with Crippen molar-refractivity contribution in [2.75, 3.05) is 13.2 Å². The van der Waals surface area contributed by atoms with Gasteiger partial charge in [-0.1, -0.05) is 13.8 Å². The first-order chi connectivity index (χ1) is 5.62. The molecule has 0 radical (unpaired) electrons. The summed E-state index contributed by atoms with van der Waals surface area (Å²) in [4.78, 5) is 0. The summed E-state index contributed by atoms with van der Waals surface area (Å²) < 4.78 is 0. The highest BCUT2D eigenvalue weighted by atomic mass is 16.3. The van der Waals surface area contributed by atoms with E-state index in [1.807, 2.05) is 0 Å². The highest BCUT2D eigenvalue weighted by molar-refractivity contribution is 5.22. The van der Waals surface area contributed by atoms with Gasteiger partial charge in [-0.05, 0) is 30.1 Å². The van der Waals surface area contributed by atoms with Crippen LogP contribution in [0.4, 0.5) is 0 Å². The normalized spacial score (nSPS) is 57.0. The molecule has 2 aliphatic carbocycles. The fraction of sp³-hybridized carbons (Fsp3) is 1.00. The van der Waals surface area contributed by atoms with Gasteiger partial charge in [0.25, 0.3) is 0 Å². The molecule has 2 fully saturated rings. The Kier molecular flexibility index (Phi) is 1.59. The predicted molar refractivity (Wildman–Crippen MR) is 48.6 cm³/mol. The summed E-state index contributed by atoms with van der Waals surface area (Å²) in [5.74, 6) is 1.61. The zero-order chi connectivity index (χ0) is 8.98. The van der Waals surface area contributed by atoms with E-state index in [2.05, 4.69) is 13.8 Å². The molecule has 1 spiro atoms. The van der Waals surface area contributed by atoms with Crippen LogP contribution < -0.4 is 5.73 Å². The van der Waals surface area contributed by atoms with Crippen molar-refractivity contribution >= 4 is 0 Å². The van der Waals surface area contributed by atoms with Gasteiger partial charge in [0.15, 0.2) is 0 Å². The molecule has 2 aliphatic rings. The number of aliphatic hydroxyl groups is 1. The second-order valence-electron chi connectivity index (χ2n) is 4.95. The van der Waals surface area contributed by atoms with Gasteiger partial charge in [0.1, 0.15) is 0 Å². The van der Waals surface area contributed by atoms with Gasteiger partial charge in [-0.15, -0.1) is 0 Å². The van der Waals surface area contributed by atoms with Crippen LogP contribution in [-0.4, -0.2) is 18.3 Å². The van der Waals surface area contributed by atoms with Crippen LogP contribution in [0.15, 0.2) is 0 Å². The van der Waals surface area contributed by atoms with Crippen LogP contribution in [0, 0.1) is 22.7 Å². The second kappa shape index (κ2) is 2.24. The average Bonchev–Trinajstić information content (AvgIpc) is 2.77. The van der Waals surface area contributed by atoms with Gasteiger partial charge < -0.3 is 10.8 Å². The minimum absolute atomic E-state index is 0.110. The molecule has 0 aliphatic heterocycles. The van der Waals surface area contributed by atoms with E-state index in [0.717, 1.165) is 11.8 Å². The van der Waals surface area contributed by atoms with Gasteiger partial charge in [-0.25, -0.2) is 0 Å². The summed E-state index contributed by atoms with van der Waals surface area (Å²) in [6.45, 7) is 5.56. The van der Waals surface area contributed by atoms with Gasteiger partial charge in [-0.2, -0.15) is 0 Å².